The number of nitrogens with one attached hydrogen (secondary N) is 1. The molecule has 0 aliphatic carbocycles. The number of aromatic nitrogens is 2. The van der Waals surface area contributed by atoms with Gasteiger partial charge in [-0.3, -0.25) is 14.6 Å². The summed E-state index contributed by atoms with van der Waals surface area (Å²) in [6, 6.07) is 3.73. The van der Waals surface area contributed by atoms with Crippen molar-refractivity contribution in [2.75, 3.05) is 76.8 Å². The number of piperazine rings is 1. The fourth-order valence-electron chi connectivity index (χ4n) is 5.66. The van der Waals surface area contributed by atoms with Gasteiger partial charge in [-0.1, -0.05) is 30.1 Å². The lowest BCUT2D eigenvalue weighted by molar-refractivity contribution is 0.0606. The van der Waals surface area contributed by atoms with Gasteiger partial charge < -0.3 is 30.5 Å². The smallest absolute Gasteiger partial charge is 0.273 e. The van der Waals surface area contributed by atoms with Crippen LogP contribution < -0.4 is 20.7 Å². The number of hydrogen-bond acceptors (Lipinski definition) is 10. The molecule has 2 fully saturated rings. The molecule has 2 saturated heterocycles. The van der Waals surface area contributed by atoms with Gasteiger partial charge in [-0.05, 0) is 38.4 Å². The lowest BCUT2D eigenvalue weighted by Crippen LogP contribution is -2.58. The van der Waals surface area contributed by atoms with Gasteiger partial charge in [0.25, 0.3) is 5.91 Å². The van der Waals surface area contributed by atoms with E-state index in [9.17, 15) is 9.18 Å². The molecule has 4 N–H and O–H groups in total. The maximum Gasteiger partial charge on any atom is 0.273 e. The summed E-state index contributed by atoms with van der Waals surface area (Å²) in [5.41, 5.74) is 6.79. The van der Waals surface area contributed by atoms with Gasteiger partial charge in [0, 0.05) is 63.5 Å². The number of anilines is 2. The number of methoxy groups -OCH3 is 1. The van der Waals surface area contributed by atoms with Crippen LogP contribution >= 0.6 is 23.2 Å². The SMILES string of the molecule is CC[C@H]1CN(c2nc(N)c(C(=O)NCCO)nc2Cl)CCN1C1CCN(Cc2cc(F)c(Cl)cc2OCCOC)CC1. The molecule has 2 aliphatic rings. The molecular formula is C28H40Cl2FN7O4. The van der Waals surface area contributed by atoms with Crippen LogP contribution in [0.3, 0.4) is 0 Å². The Balaban J connectivity index is 1.36. The third-order valence-electron chi connectivity index (χ3n) is 7.84. The summed E-state index contributed by atoms with van der Waals surface area (Å²) in [5.74, 6) is 0.0839. The van der Waals surface area contributed by atoms with Gasteiger partial charge in [0.2, 0.25) is 0 Å². The fraction of sp³-hybridized carbons (Fsp3) is 0.607. The zero-order valence-corrected chi connectivity index (χ0v) is 25.6. The van der Waals surface area contributed by atoms with Gasteiger partial charge in [-0.2, -0.15) is 0 Å². The summed E-state index contributed by atoms with van der Waals surface area (Å²) in [4.78, 5) is 27.9. The lowest BCUT2D eigenvalue weighted by atomic mass is 9.97. The van der Waals surface area contributed by atoms with Crippen LogP contribution in [0.2, 0.25) is 10.2 Å². The first-order valence-electron chi connectivity index (χ1n) is 14.3. The minimum Gasteiger partial charge on any atom is -0.491 e. The van der Waals surface area contributed by atoms with E-state index < -0.39 is 11.7 Å². The highest BCUT2D eigenvalue weighted by Gasteiger charge is 2.34. The summed E-state index contributed by atoms with van der Waals surface area (Å²) >= 11 is 12.5. The highest BCUT2D eigenvalue weighted by Crippen LogP contribution is 2.32. The summed E-state index contributed by atoms with van der Waals surface area (Å²) in [6.45, 7) is 7.47. The molecule has 42 heavy (non-hydrogen) atoms. The normalized spacial score (nSPS) is 18.8. The number of amides is 1. The number of carbonyl (C=O) groups is 1. The minimum atomic E-state index is -0.527. The van der Waals surface area contributed by atoms with E-state index in [-0.39, 0.29) is 40.9 Å². The standard InChI is InChI=1S/C28H40Cl2FN7O4/c1-3-19-17-37(27-25(30)34-24(26(32)35-27)28(40)33-6-11-39)9-10-38(19)20-4-7-36(8-5-20)16-18-14-22(31)21(29)15-23(18)42-13-12-41-2/h14-15,19-20,39H,3-13,16-17H2,1-2H3,(H2,32,35)(H,33,40)/t19-/m0/s1. The summed E-state index contributed by atoms with van der Waals surface area (Å²) < 4.78 is 25.2. The molecule has 0 saturated carbocycles. The van der Waals surface area contributed by atoms with Crippen molar-refractivity contribution in [3.63, 3.8) is 0 Å². The number of hydrogen-bond donors (Lipinski definition) is 3. The van der Waals surface area contributed by atoms with Crippen LogP contribution in [0.1, 0.15) is 42.2 Å². The molecule has 1 amide bonds. The van der Waals surface area contributed by atoms with E-state index in [1.807, 2.05) is 0 Å². The summed E-state index contributed by atoms with van der Waals surface area (Å²) in [6.07, 6.45) is 2.94. The number of aliphatic hydroxyl groups is 1. The van der Waals surface area contributed by atoms with Crippen LogP contribution in [-0.2, 0) is 11.3 Å². The first kappa shape index (κ1) is 32.4. The molecule has 14 heteroatoms. The Morgan fingerprint density at radius 1 is 1.19 bits per heavy atom. The highest BCUT2D eigenvalue weighted by atomic mass is 35.5. The number of carbonyl (C=O) groups excluding carboxylic acids is 1. The number of nitrogen functional groups attached to an aromatic ring is 1. The molecule has 2 aromatic rings. The van der Waals surface area contributed by atoms with Gasteiger partial charge in [-0.15, -0.1) is 0 Å². The minimum absolute atomic E-state index is 0.000475. The van der Waals surface area contributed by atoms with E-state index in [0.29, 0.717) is 50.5 Å². The Morgan fingerprint density at radius 3 is 2.64 bits per heavy atom. The van der Waals surface area contributed by atoms with E-state index in [0.717, 1.165) is 44.5 Å². The van der Waals surface area contributed by atoms with Gasteiger partial charge >= 0.3 is 0 Å². The number of rotatable bonds is 12. The third-order valence-corrected chi connectivity index (χ3v) is 8.39. The first-order valence-corrected chi connectivity index (χ1v) is 15.1. The number of likely N-dealkylation sites (tertiary alicyclic amines) is 1. The zero-order valence-electron chi connectivity index (χ0n) is 24.1. The molecular weight excluding hydrogens is 588 g/mol. The van der Waals surface area contributed by atoms with Crippen molar-refractivity contribution in [3.8, 4) is 5.75 Å². The molecule has 1 aromatic heterocycles. The molecule has 4 rings (SSSR count). The summed E-state index contributed by atoms with van der Waals surface area (Å²) in [5, 5.41) is 11.6. The number of benzene rings is 1. The maximum atomic E-state index is 14.3. The monoisotopic (exact) mass is 627 g/mol. The zero-order chi connectivity index (χ0) is 30.2. The first-order chi connectivity index (χ1) is 20.2. The van der Waals surface area contributed by atoms with Crippen LogP contribution in [0.4, 0.5) is 16.0 Å². The van der Waals surface area contributed by atoms with Gasteiger partial charge in [0.15, 0.2) is 22.5 Å². The van der Waals surface area contributed by atoms with Gasteiger partial charge in [0.1, 0.15) is 18.2 Å². The Labute approximate surface area is 256 Å². The molecule has 0 bridgehead atoms. The fourth-order valence-corrected chi connectivity index (χ4v) is 6.06. The lowest BCUT2D eigenvalue weighted by Gasteiger charge is -2.47. The molecule has 0 unspecified atom stereocenters. The number of nitrogens with two attached hydrogens (primary N) is 1. The number of ether oxygens (including phenoxy) is 2. The van der Waals surface area contributed by atoms with E-state index >= 15 is 0 Å². The van der Waals surface area contributed by atoms with Crippen molar-refractivity contribution in [2.24, 2.45) is 0 Å². The molecule has 232 valence electrons. The highest BCUT2D eigenvalue weighted by molar-refractivity contribution is 6.32. The second kappa shape index (κ2) is 15.3. The largest absolute Gasteiger partial charge is 0.491 e. The number of aliphatic hydroxyl groups excluding tert-OH is 1. The number of halogens is 3. The van der Waals surface area contributed by atoms with Crippen molar-refractivity contribution in [1.82, 2.24) is 25.1 Å². The Kier molecular flexibility index (Phi) is 11.8. The van der Waals surface area contributed by atoms with Crippen LogP contribution in [0.25, 0.3) is 0 Å². The number of piperidine rings is 1. The van der Waals surface area contributed by atoms with Crippen LogP contribution in [0.15, 0.2) is 12.1 Å². The molecule has 0 radical (unpaired) electrons. The van der Waals surface area contributed by atoms with Crippen LogP contribution in [0, 0.1) is 5.82 Å². The van der Waals surface area contributed by atoms with E-state index in [1.54, 1.807) is 13.2 Å². The van der Waals surface area contributed by atoms with Gasteiger partial charge in [0.05, 0.1) is 18.2 Å². The van der Waals surface area contributed by atoms with E-state index in [4.69, 9.17) is 43.5 Å². The Morgan fingerprint density at radius 2 is 1.95 bits per heavy atom. The molecule has 0 spiro atoms. The molecule has 3 heterocycles. The van der Waals surface area contributed by atoms with Crippen molar-refractivity contribution in [2.45, 2.75) is 44.8 Å². The van der Waals surface area contributed by atoms with Gasteiger partial charge in [-0.25, -0.2) is 14.4 Å². The molecule has 2 aliphatic heterocycles. The molecule has 11 nitrogen and oxygen atoms in total. The van der Waals surface area contributed by atoms with Crippen LogP contribution in [-0.4, -0.2) is 109 Å². The second-order valence-electron chi connectivity index (χ2n) is 10.5. The van der Waals surface area contributed by atoms with Crippen LogP contribution in [0.5, 0.6) is 5.75 Å². The predicted molar refractivity (Wildman–Crippen MR) is 161 cm³/mol. The molecule has 1 aromatic carbocycles. The summed E-state index contributed by atoms with van der Waals surface area (Å²) in [7, 11) is 1.61. The second-order valence-corrected chi connectivity index (χ2v) is 11.3. The van der Waals surface area contributed by atoms with Crippen molar-refractivity contribution in [3.05, 3.63) is 39.4 Å². The Bertz CT molecular complexity index is 1220. The van der Waals surface area contributed by atoms with Crippen molar-refractivity contribution < 1.29 is 23.8 Å². The Hall–Kier alpha value is -2.48. The van der Waals surface area contributed by atoms with Crippen molar-refractivity contribution in [1.29, 1.82) is 0 Å². The number of nitrogens with zero attached hydrogens (tertiary/aromatic N) is 5. The predicted octanol–water partition coefficient (Wildman–Crippen LogP) is 2.82. The van der Waals surface area contributed by atoms with E-state index in [1.165, 1.54) is 6.07 Å². The van der Waals surface area contributed by atoms with E-state index in [2.05, 4.69) is 36.9 Å². The maximum absolute atomic E-state index is 14.3. The molecule has 1 atom stereocenters. The van der Waals surface area contributed by atoms with Crippen molar-refractivity contribution >= 4 is 40.7 Å². The average molecular weight is 629 g/mol. The quantitative estimate of drug-likeness (QED) is 0.302. The average Bonchev–Trinajstić information content (AvgIpc) is 2.99. The third kappa shape index (κ3) is 7.91. The topological polar surface area (TPSA) is 129 Å².